The Morgan fingerprint density at radius 3 is 2.26 bits per heavy atom. The molecule has 1 aliphatic heterocycles. The maximum Gasteiger partial charge on any atom is 0.135 e. The first kappa shape index (κ1) is 17.6. The zero-order valence-electron chi connectivity index (χ0n) is 16.0. The van der Waals surface area contributed by atoms with Gasteiger partial charge < -0.3 is 0 Å². The average molecular weight is 358 g/mol. The molecule has 0 aliphatic carbocycles. The highest BCUT2D eigenvalue weighted by atomic mass is 15.4. The number of nitrogens with zero attached hydrogens (tertiary/aromatic N) is 4. The van der Waals surface area contributed by atoms with Crippen LogP contribution >= 0.6 is 0 Å². The lowest BCUT2D eigenvalue weighted by molar-refractivity contribution is 0.226. The third kappa shape index (κ3) is 3.67. The van der Waals surface area contributed by atoms with Gasteiger partial charge in [0.1, 0.15) is 5.82 Å². The van der Waals surface area contributed by atoms with Gasteiger partial charge in [-0.15, -0.1) is 0 Å². The number of aromatic nitrogens is 2. The molecule has 4 nitrogen and oxygen atoms in total. The van der Waals surface area contributed by atoms with Gasteiger partial charge in [0, 0.05) is 50.1 Å². The molecule has 1 aliphatic rings. The van der Waals surface area contributed by atoms with Gasteiger partial charge in [0.2, 0.25) is 0 Å². The molecule has 0 bridgehead atoms. The van der Waals surface area contributed by atoms with Crippen LogP contribution in [0.5, 0.6) is 0 Å². The van der Waals surface area contributed by atoms with Crippen LogP contribution in [0.1, 0.15) is 24.9 Å². The molecule has 0 fully saturated rings. The molecule has 138 valence electrons. The van der Waals surface area contributed by atoms with E-state index in [1.54, 1.807) is 0 Å². The molecule has 0 spiro atoms. The monoisotopic (exact) mass is 358 g/mol. The Bertz CT molecular complexity index is 898. The van der Waals surface area contributed by atoms with Crippen molar-refractivity contribution in [3.63, 3.8) is 0 Å². The lowest BCUT2D eigenvalue weighted by atomic mass is 10.0. The zero-order valence-corrected chi connectivity index (χ0v) is 16.0. The largest absolute Gasteiger partial charge is 0.299 e. The normalized spacial score (nSPS) is 16.0. The molecule has 27 heavy (non-hydrogen) atoms. The average Bonchev–Trinajstić information content (AvgIpc) is 3.15. The smallest absolute Gasteiger partial charge is 0.135 e. The Labute approximate surface area is 161 Å². The molecule has 3 aromatic rings. The number of aryl methyl sites for hydroxylation is 1. The van der Waals surface area contributed by atoms with Crippen molar-refractivity contribution in [2.75, 3.05) is 18.0 Å². The van der Waals surface area contributed by atoms with E-state index in [0.717, 1.165) is 25.3 Å². The van der Waals surface area contributed by atoms with Crippen molar-refractivity contribution in [3.8, 4) is 0 Å². The molecule has 0 N–H and O–H groups in total. The first-order valence-corrected chi connectivity index (χ1v) is 9.55. The molecule has 1 atom stereocenters. The van der Waals surface area contributed by atoms with Crippen LogP contribution in [0.25, 0.3) is 0 Å². The summed E-state index contributed by atoms with van der Waals surface area (Å²) in [5, 5.41) is 4.38. The molecule has 4 heteroatoms. The van der Waals surface area contributed by atoms with Crippen molar-refractivity contribution in [1.29, 1.82) is 0 Å². The van der Waals surface area contributed by atoms with Crippen molar-refractivity contribution in [2.24, 2.45) is 7.05 Å². The number of para-hydroxylation sites is 1. The number of anilines is 2. The van der Waals surface area contributed by atoms with Crippen LogP contribution < -0.4 is 4.90 Å². The van der Waals surface area contributed by atoms with Crippen LogP contribution in [0, 0.1) is 0 Å². The molecule has 2 aromatic carbocycles. The molecular weight excluding hydrogens is 332 g/mol. The summed E-state index contributed by atoms with van der Waals surface area (Å²) in [5.41, 5.74) is 3.89. The second-order valence-electron chi connectivity index (χ2n) is 7.01. The lowest BCUT2D eigenvalue weighted by Crippen LogP contribution is -2.34. The third-order valence-corrected chi connectivity index (χ3v) is 5.37. The summed E-state index contributed by atoms with van der Waals surface area (Å²) in [5.74, 6) is 1.09. The Hall–Kier alpha value is -2.85. The molecule has 1 aromatic heterocycles. The van der Waals surface area contributed by atoms with E-state index in [1.165, 1.54) is 16.9 Å². The van der Waals surface area contributed by atoms with Crippen LogP contribution in [-0.2, 0) is 7.05 Å². The molecule has 0 radical (unpaired) electrons. The minimum atomic E-state index is 0.422. The van der Waals surface area contributed by atoms with Crippen molar-refractivity contribution >= 4 is 11.5 Å². The van der Waals surface area contributed by atoms with Gasteiger partial charge in [-0.3, -0.25) is 14.5 Å². The highest BCUT2D eigenvalue weighted by Crippen LogP contribution is 2.33. The zero-order chi connectivity index (χ0) is 18.6. The SMILES string of the molecule is CC(c1ccccc1)N1CC=C(N(c2ccccc2)c2ccnn2C)CC1. The van der Waals surface area contributed by atoms with E-state index in [0.29, 0.717) is 6.04 Å². The van der Waals surface area contributed by atoms with E-state index >= 15 is 0 Å². The third-order valence-electron chi connectivity index (χ3n) is 5.37. The van der Waals surface area contributed by atoms with Crippen molar-refractivity contribution in [1.82, 2.24) is 14.7 Å². The first-order valence-electron chi connectivity index (χ1n) is 9.55. The Morgan fingerprint density at radius 2 is 1.67 bits per heavy atom. The van der Waals surface area contributed by atoms with Gasteiger partial charge in [-0.1, -0.05) is 54.6 Å². The summed E-state index contributed by atoms with van der Waals surface area (Å²) in [6, 6.07) is 23.8. The number of rotatable bonds is 5. The van der Waals surface area contributed by atoms with Gasteiger partial charge >= 0.3 is 0 Å². The van der Waals surface area contributed by atoms with E-state index < -0.39 is 0 Å². The van der Waals surface area contributed by atoms with Gasteiger partial charge in [0.05, 0.1) is 6.20 Å². The van der Waals surface area contributed by atoms with Crippen molar-refractivity contribution in [3.05, 3.63) is 90.3 Å². The summed E-state index contributed by atoms with van der Waals surface area (Å²) in [6.45, 7) is 4.29. The summed E-state index contributed by atoms with van der Waals surface area (Å²) in [7, 11) is 2.00. The Kier molecular flexibility index (Phi) is 5.07. The topological polar surface area (TPSA) is 24.3 Å². The molecular formula is C23H26N4. The minimum absolute atomic E-state index is 0.422. The van der Waals surface area contributed by atoms with E-state index in [1.807, 2.05) is 17.9 Å². The molecule has 0 amide bonds. The Balaban J connectivity index is 1.59. The minimum Gasteiger partial charge on any atom is -0.299 e. The summed E-state index contributed by atoms with van der Waals surface area (Å²) >= 11 is 0. The van der Waals surface area contributed by atoms with Gasteiger partial charge in [-0.05, 0) is 24.6 Å². The molecule has 0 saturated carbocycles. The van der Waals surface area contributed by atoms with Crippen molar-refractivity contribution in [2.45, 2.75) is 19.4 Å². The van der Waals surface area contributed by atoms with Crippen LogP contribution in [-0.4, -0.2) is 27.8 Å². The fraction of sp³-hybridized carbons (Fsp3) is 0.261. The highest BCUT2D eigenvalue weighted by Gasteiger charge is 2.23. The van der Waals surface area contributed by atoms with E-state index in [-0.39, 0.29) is 0 Å². The molecule has 4 rings (SSSR count). The number of benzene rings is 2. The second-order valence-corrected chi connectivity index (χ2v) is 7.01. The van der Waals surface area contributed by atoms with Crippen LogP contribution in [0.4, 0.5) is 11.5 Å². The lowest BCUT2D eigenvalue weighted by Gasteiger charge is -2.36. The standard InChI is InChI=1S/C23H26N4/c1-19(20-9-5-3-6-10-20)26-17-14-22(15-18-26)27(21-11-7-4-8-12-21)23-13-16-24-25(23)2/h3-14,16,19H,15,17-18H2,1-2H3. The summed E-state index contributed by atoms with van der Waals surface area (Å²) in [6.07, 6.45) is 5.23. The molecule has 0 saturated heterocycles. The van der Waals surface area contributed by atoms with E-state index in [9.17, 15) is 0 Å². The number of hydrogen-bond acceptors (Lipinski definition) is 3. The van der Waals surface area contributed by atoms with Crippen molar-refractivity contribution < 1.29 is 0 Å². The fourth-order valence-corrected chi connectivity index (χ4v) is 3.78. The maximum absolute atomic E-state index is 4.38. The molecule has 1 unspecified atom stereocenters. The first-order chi connectivity index (χ1) is 13.2. The van der Waals surface area contributed by atoms with Gasteiger partial charge in [-0.2, -0.15) is 5.10 Å². The second kappa shape index (κ2) is 7.80. The van der Waals surface area contributed by atoms with Crippen LogP contribution in [0.15, 0.2) is 84.7 Å². The maximum atomic E-state index is 4.38. The highest BCUT2D eigenvalue weighted by molar-refractivity contribution is 5.65. The summed E-state index contributed by atoms with van der Waals surface area (Å²) in [4.78, 5) is 4.86. The van der Waals surface area contributed by atoms with E-state index in [4.69, 9.17) is 0 Å². The quantitative estimate of drug-likeness (QED) is 0.648. The van der Waals surface area contributed by atoms with Crippen LogP contribution in [0.2, 0.25) is 0 Å². The predicted octanol–water partition coefficient (Wildman–Crippen LogP) is 4.91. The van der Waals surface area contributed by atoms with E-state index in [2.05, 4.69) is 94.6 Å². The van der Waals surface area contributed by atoms with Gasteiger partial charge in [0.25, 0.3) is 0 Å². The predicted molar refractivity (Wildman–Crippen MR) is 111 cm³/mol. The van der Waals surface area contributed by atoms with Gasteiger partial charge in [-0.25, -0.2) is 0 Å². The van der Waals surface area contributed by atoms with Gasteiger partial charge in [0.15, 0.2) is 0 Å². The van der Waals surface area contributed by atoms with Crippen LogP contribution in [0.3, 0.4) is 0 Å². The fourth-order valence-electron chi connectivity index (χ4n) is 3.78. The molecule has 2 heterocycles. The Morgan fingerprint density at radius 1 is 0.963 bits per heavy atom. The number of hydrogen-bond donors (Lipinski definition) is 0. The summed E-state index contributed by atoms with van der Waals surface area (Å²) < 4.78 is 1.94.